The van der Waals surface area contributed by atoms with Crippen LogP contribution in [0.2, 0.25) is 10.0 Å². The maximum Gasteiger partial charge on any atom is 0.338 e. The number of carbonyl (C=O) groups is 2. The molecule has 0 saturated carbocycles. The molecule has 3 rings (SSSR count). The van der Waals surface area contributed by atoms with E-state index in [1.165, 1.54) is 23.4 Å². The van der Waals surface area contributed by atoms with E-state index in [1.807, 2.05) is 12.1 Å². The summed E-state index contributed by atoms with van der Waals surface area (Å²) in [6.07, 6.45) is 4.48. The minimum atomic E-state index is -0.532. The number of benzene rings is 1. The van der Waals surface area contributed by atoms with E-state index in [0.717, 1.165) is 19.3 Å². The van der Waals surface area contributed by atoms with E-state index in [4.69, 9.17) is 27.9 Å². The Kier molecular flexibility index (Phi) is 5.02. The van der Waals surface area contributed by atoms with Gasteiger partial charge in [0.2, 0.25) is 0 Å². The number of fused-ring (bicyclic) bond motifs is 1. The Hall–Kier alpha value is -2.11. The summed E-state index contributed by atoms with van der Waals surface area (Å²) in [7, 11) is 0. The van der Waals surface area contributed by atoms with Crippen molar-refractivity contribution < 1.29 is 14.3 Å². The van der Waals surface area contributed by atoms with Gasteiger partial charge in [-0.1, -0.05) is 29.3 Å². The molecule has 0 spiro atoms. The van der Waals surface area contributed by atoms with Gasteiger partial charge in [0.25, 0.3) is 5.91 Å². The molecule has 0 bridgehead atoms. The molecule has 0 fully saturated rings. The molecule has 124 valence electrons. The molecule has 2 aromatic rings. The Morgan fingerprint density at radius 1 is 1.17 bits per heavy atom. The number of pyridine rings is 1. The van der Waals surface area contributed by atoms with Gasteiger partial charge in [0.05, 0.1) is 15.6 Å². The predicted molar refractivity (Wildman–Crippen MR) is 91.6 cm³/mol. The first-order valence-corrected chi connectivity index (χ1v) is 8.18. The van der Waals surface area contributed by atoms with E-state index in [2.05, 4.69) is 10.3 Å². The molecule has 1 amide bonds. The number of carbonyl (C=O) groups excluding carboxylic acids is 2. The number of ether oxygens (including phenoxy) is 1. The van der Waals surface area contributed by atoms with Crippen molar-refractivity contribution in [1.82, 2.24) is 4.98 Å². The first-order chi connectivity index (χ1) is 11.5. The summed E-state index contributed by atoms with van der Waals surface area (Å²) in [4.78, 5) is 27.8. The lowest BCUT2D eigenvalue weighted by molar-refractivity contribution is -0.119. The lowest BCUT2D eigenvalue weighted by Gasteiger charge is -2.08. The number of hydrogen-bond acceptors (Lipinski definition) is 4. The van der Waals surface area contributed by atoms with E-state index < -0.39 is 18.5 Å². The number of nitrogens with one attached hydrogen (secondary N) is 1. The average molecular weight is 365 g/mol. The fourth-order valence-electron chi connectivity index (χ4n) is 2.59. The first-order valence-electron chi connectivity index (χ1n) is 7.43. The summed E-state index contributed by atoms with van der Waals surface area (Å²) < 4.78 is 5.04. The summed E-state index contributed by atoms with van der Waals surface area (Å²) in [5.41, 5.74) is 2.89. The van der Waals surface area contributed by atoms with Crippen molar-refractivity contribution in [3.8, 4) is 0 Å². The molecule has 1 aliphatic carbocycles. The molecule has 0 radical (unpaired) electrons. The fraction of sp³-hybridized carbons (Fsp3) is 0.235. The largest absolute Gasteiger partial charge is 0.452 e. The number of hydrogen-bond donors (Lipinski definition) is 1. The maximum absolute atomic E-state index is 12.1. The molecule has 1 heterocycles. The SMILES string of the molecule is O=C(COC(=O)c1ccc2c(c1)CCC2)Nc1ncc(Cl)cc1Cl. The zero-order valence-corrected chi connectivity index (χ0v) is 14.2. The van der Waals surface area contributed by atoms with Crippen molar-refractivity contribution in [2.75, 3.05) is 11.9 Å². The number of halogens is 2. The standard InChI is InChI=1S/C17H14Cl2N2O3/c18-13-7-14(19)16(20-8-13)21-15(22)9-24-17(23)12-5-4-10-2-1-3-11(10)6-12/h4-8H,1-3,9H2,(H,20,21,22). The second kappa shape index (κ2) is 7.20. The Bertz CT molecular complexity index is 808. The Morgan fingerprint density at radius 3 is 2.75 bits per heavy atom. The highest BCUT2D eigenvalue weighted by Crippen LogP contribution is 2.24. The van der Waals surface area contributed by atoms with Crippen molar-refractivity contribution in [3.05, 3.63) is 57.2 Å². The summed E-state index contributed by atoms with van der Waals surface area (Å²) in [5, 5.41) is 3.04. The second-order valence-electron chi connectivity index (χ2n) is 5.45. The van der Waals surface area contributed by atoms with Gasteiger partial charge in [0, 0.05) is 6.20 Å². The van der Waals surface area contributed by atoms with Crippen LogP contribution in [-0.4, -0.2) is 23.5 Å². The summed E-state index contributed by atoms with van der Waals surface area (Å²) in [6.45, 7) is -0.420. The minimum absolute atomic E-state index is 0.166. The van der Waals surface area contributed by atoms with Crippen LogP contribution in [-0.2, 0) is 22.4 Å². The molecule has 0 unspecified atom stereocenters. The van der Waals surface area contributed by atoms with Crippen molar-refractivity contribution in [2.24, 2.45) is 0 Å². The third-order valence-electron chi connectivity index (χ3n) is 3.73. The van der Waals surface area contributed by atoms with E-state index in [1.54, 1.807) is 6.07 Å². The highest BCUT2D eigenvalue weighted by molar-refractivity contribution is 6.36. The molecule has 1 N–H and O–H groups in total. The van der Waals surface area contributed by atoms with Crippen molar-refractivity contribution in [1.29, 1.82) is 0 Å². The summed E-state index contributed by atoms with van der Waals surface area (Å²) >= 11 is 11.7. The molecule has 0 saturated heterocycles. The van der Waals surface area contributed by atoms with Crippen molar-refractivity contribution in [3.63, 3.8) is 0 Å². The van der Waals surface area contributed by atoms with Crippen LogP contribution in [0.25, 0.3) is 0 Å². The Balaban J connectivity index is 1.57. The zero-order valence-electron chi connectivity index (χ0n) is 12.6. The monoisotopic (exact) mass is 364 g/mol. The van der Waals surface area contributed by atoms with Gasteiger partial charge >= 0.3 is 5.97 Å². The summed E-state index contributed by atoms with van der Waals surface area (Å²) in [5.74, 6) is -0.893. The van der Waals surface area contributed by atoms with Crippen LogP contribution in [0, 0.1) is 0 Å². The number of esters is 1. The normalized spacial score (nSPS) is 12.6. The van der Waals surface area contributed by atoms with Crippen LogP contribution >= 0.6 is 23.2 Å². The van der Waals surface area contributed by atoms with Crippen LogP contribution in [0.5, 0.6) is 0 Å². The van der Waals surface area contributed by atoms with Crippen LogP contribution in [0.1, 0.15) is 27.9 Å². The summed E-state index contributed by atoms with van der Waals surface area (Å²) in [6, 6.07) is 6.96. The second-order valence-corrected chi connectivity index (χ2v) is 6.29. The molecule has 1 aliphatic rings. The van der Waals surface area contributed by atoms with Crippen LogP contribution in [0.4, 0.5) is 5.82 Å². The highest BCUT2D eigenvalue weighted by atomic mass is 35.5. The van der Waals surface area contributed by atoms with E-state index in [9.17, 15) is 9.59 Å². The third-order valence-corrected chi connectivity index (χ3v) is 4.23. The van der Waals surface area contributed by atoms with E-state index in [0.29, 0.717) is 10.6 Å². The molecule has 1 aromatic heterocycles. The van der Waals surface area contributed by atoms with Gasteiger partial charge < -0.3 is 10.1 Å². The van der Waals surface area contributed by atoms with Gasteiger partial charge in [-0.3, -0.25) is 4.79 Å². The number of anilines is 1. The quantitative estimate of drug-likeness (QED) is 0.840. The Morgan fingerprint density at radius 2 is 1.96 bits per heavy atom. The smallest absolute Gasteiger partial charge is 0.338 e. The number of nitrogens with zero attached hydrogens (tertiary/aromatic N) is 1. The molecule has 1 aromatic carbocycles. The Labute approximate surface area is 148 Å². The molecular formula is C17H14Cl2N2O3. The molecule has 0 aliphatic heterocycles. The molecule has 24 heavy (non-hydrogen) atoms. The zero-order chi connectivity index (χ0) is 17.1. The minimum Gasteiger partial charge on any atom is -0.452 e. The van der Waals surface area contributed by atoms with E-state index in [-0.39, 0.29) is 10.8 Å². The fourth-order valence-corrected chi connectivity index (χ4v) is 3.02. The van der Waals surface area contributed by atoms with Gasteiger partial charge in [-0.15, -0.1) is 0 Å². The molecular weight excluding hydrogens is 351 g/mol. The van der Waals surface area contributed by atoms with Gasteiger partial charge in [0.15, 0.2) is 12.4 Å². The molecule has 7 heteroatoms. The predicted octanol–water partition coefficient (Wildman–Crippen LogP) is 3.67. The lowest BCUT2D eigenvalue weighted by Crippen LogP contribution is -2.21. The van der Waals surface area contributed by atoms with Crippen molar-refractivity contribution >= 4 is 40.9 Å². The molecule has 5 nitrogen and oxygen atoms in total. The van der Waals surface area contributed by atoms with Crippen LogP contribution < -0.4 is 5.32 Å². The highest BCUT2D eigenvalue weighted by Gasteiger charge is 2.16. The first kappa shape index (κ1) is 16.7. The molecule has 0 atom stereocenters. The number of amides is 1. The third kappa shape index (κ3) is 3.86. The average Bonchev–Trinajstić information content (AvgIpc) is 3.03. The van der Waals surface area contributed by atoms with Gasteiger partial charge in [0.1, 0.15) is 0 Å². The topological polar surface area (TPSA) is 68.3 Å². The van der Waals surface area contributed by atoms with Crippen LogP contribution in [0.15, 0.2) is 30.5 Å². The van der Waals surface area contributed by atoms with E-state index >= 15 is 0 Å². The van der Waals surface area contributed by atoms with Crippen molar-refractivity contribution in [2.45, 2.75) is 19.3 Å². The van der Waals surface area contributed by atoms with Gasteiger partial charge in [-0.05, 0) is 48.6 Å². The van der Waals surface area contributed by atoms with Gasteiger partial charge in [-0.2, -0.15) is 0 Å². The lowest BCUT2D eigenvalue weighted by atomic mass is 10.1. The number of rotatable bonds is 4. The number of aromatic nitrogens is 1. The van der Waals surface area contributed by atoms with Crippen LogP contribution in [0.3, 0.4) is 0 Å². The number of aryl methyl sites for hydroxylation is 2. The maximum atomic E-state index is 12.1. The van der Waals surface area contributed by atoms with Gasteiger partial charge in [-0.25, -0.2) is 9.78 Å².